The van der Waals surface area contributed by atoms with E-state index in [2.05, 4.69) is 10.3 Å². The van der Waals surface area contributed by atoms with E-state index in [0.29, 0.717) is 61.6 Å². The maximum Gasteiger partial charge on any atom is 0.409 e. The summed E-state index contributed by atoms with van der Waals surface area (Å²) in [5, 5.41) is 13.0. The lowest BCUT2D eigenvalue weighted by Crippen LogP contribution is -2.49. The molecule has 184 valence electrons. The maximum absolute atomic E-state index is 11.9. The fourth-order valence-electron chi connectivity index (χ4n) is 3.41. The molecule has 0 saturated carbocycles. The molecular formula is C21H29Cl3N4O5. The predicted octanol–water partition coefficient (Wildman–Crippen LogP) is 4.22. The molecule has 0 radical (unpaired) electrons. The van der Waals surface area contributed by atoms with Crippen molar-refractivity contribution in [1.82, 2.24) is 9.88 Å². The van der Waals surface area contributed by atoms with Gasteiger partial charge in [0.2, 0.25) is 5.91 Å². The molecule has 2 N–H and O–H groups in total. The van der Waals surface area contributed by atoms with Crippen LogP contribution >= 0.6 is 37.2 Å². The second kappa shape index (κ2) is 13.9. The SMILES string of the molecule is CCCC(=O)Nc1ccc2nc(N3CCN(C(=O)OCC)CC3)cc(C(=O)O)c2c1.Cl.Cl.Cl. The van der Waals surface area contributed by atoms with E-state index in [4.69, 9.17) is 4.74 Å². The summed E-state index contributed by atoms with van der Waals surface area (Å²) in [5.41, 5.74) is 1.20. The van der Waals surface area contributed by atoms with Gasteiger partial charge in [-0.3, -0.25) is 4.79 Å². The van der Waals surface area contributed by atoms with Crippen LogP contribution in [0, 0.1) is 0 Å². The van der Waals surface area contributed by atoms with Gasteiger partial charge in [-0.15, -0.1) is 37.2 Å². The number of carboxylic acid groups (broad SMARTS) is 1. The van der Waals surface area contributed by atoms with Crippen LogP contribution in [0.2, 0.25) is 0 Å². The monoisotopic (exact) mass is 522 g/mol. The van der Waals surface area contributed by atoms with Gasteiger partial charge in [-0.25, -0.2) is 14.6 Å². The Bertz CT molecular complexity index is 968. The van der Waals surface area contributed by atoms with E-state index in [1.807, 2.05) is 11.8 Å². The maximum atomic E-state index is 11.9. The highest BCUT2D eigenvalue weighted by Crippen LogP contribution is 2.27. The zero-order valence-electron chi connectivity index (χ0n) is 18.4. The number of nitrogens with zero attached hydrogens (tertiary/aromatic N) is 3. The minimum absolute atomic E-state index is 0. The van der Waals surface area contributed by atoms with Crippen LogP contribution in [-0.4, -0.2) is 65.7 Å². The molecule has 1 aliphatic heterocycles. The highest BCUT2D eigenvalue weighted by atomic mass is 35.5. The van der Waals surface area contributed by atoms with Crippen LogP contribution in [0.4, 0.5) is 16.3 Å². The molecule has 0 aliphatic carbocycles. The summed E-state index contributed by atoms with van der Waals surface area (Å²) in [4.78, 5) is 43.8. The number of piperazine rings is 1. The van der Waals surface area contributed by atoms with Gasteiger partial charge in [0.15, 0.2) is 0 Å². The number of carbonyl (C=O) groups is 3. The molecule has 3 rings (SSSR count). The Kier molecular flexibility index (Phi) is 12.9. The van der Waals surface area contributed by atoms with Crippen molar-refractivity contribution >= 4 is 77.6 Å². The molecule has 2 aromatic rings. The smallest absolute Gasteiger partial charge is 0.409 e. The number of anilines is 2. The Morgan fingerprint density at radius 1 is 1.06 bits per heavy atom. The molecular weight excluding hydrogens is 495 g/mol. The van der Waals surface area contributed by atoms with Crippen LogP contribution in [-0.2, 0) is 9.53 Å². The van der Waals surface area contributed by atoms with Crippen molar-refractivity contribution in [3.8, 4) is 0 Å². The summed E-state index contributed by atoms with van der Waals surface area (Å²) in [5.74, 6) is -0.630. The number of nitrogens with one attached hydrogen (secondary N) is 1. The average Bonchev–Trinajstić information content (AvgIpc) is 2.73. The van der Waals surface area contributed by atoms with Crippen LogP contribution < -0.4 is 10.2 Å². The second-order valence-corrected chi connectivity index (χ2v) is 7.04. The molecule has 12 heteroatoms. The van der Waals surface area contributed by atoms with E-state index >= 15 is 0 Å². The highest BCUT2D eigenvalue weighted by molar-refractivity contribution is 6.05. The number of aromatic carboxylic acids is 1. The predicted molar refractivity (Wildman–Crippen MR) is 135 cm³/mol. The number of hydrogen-bond donors (Lipinski definition) is 2. The van der Waals surface area contributed by atoms with E-state index < -0.39 is 5.97 Å². The first-order chi connectivity index (χ1) is 14.4. The normalized spacial score (nSPS) is 12.7. The molecule has 0 bridgehead atoms. The lowest BCUT2D eigenvalue weighted by atomic mass is 10.1. The first-order valence-corrected chi connectivity index (χ1v) is 10.1. The topological polar surface area (TPSA) is 112 Å². The molecule has 0 spiro atoms. The first-order valence-electron chi connectivity index (χ1n) is 10.1. The van der Waals surface area contributed by atoms with Crippen molar-refractivity contribution in [1.29, 1.82) is 0 Å². The molecule has 33 heavy (non-hydrogen) atoms. The summed E-state index contributed by atoms with van der Waals surface area (Å²) in [6, 6.07) is 6.61. The summed E-state index contributed by atoms with van der Waals surface area (Å²) in [7, 11) is 0. The van der Waals surface area contributed by atoms with Crippen molar-refractivity contribution in [3.63, 3.8) is 0 Å². The van der Waals surface area contributed by atoms with E-state index in [9.17, 15) is 19.5 Å². The largest absolute Gasteiger partial charge is 0.478 e. The van der Waals surface area contributed by atoms with Crippen molar-refractivity contribution in [3.05, 3.63) is 29.8 Å². The van der Waals surface area contributed by atoms with Gasteiger partial charge >= 0.3 is 12.1 Å². The quantitative estimate of drug-likeness (QED) is 0.583. The van der Waals surface area contributed by atoms with Crippen molar-refractivity contribution in [2.45, 2.75) is 26.7 Å². The van der Waals surface area contributed by atoms with Gasteiger partial charge in [0, 0.05) is 43.7 Å². The Morgan fingerprint density at radius 3 is 2.30 bits per heavy atom. The number of halogens is 3. The molecule has 1 aromatic heterocycles. The van der Waals surface area contributed by atoms with Gasteiger partial charge in [0.05, 0.1) is 17.7 Å². The number of ether oxygens (including phenoxy) is 1. The van der Waals surface area contributed by atoms with Crippen LogP contribution in [0.25, 0.3) is 10.9 Å². The second-order valence-electron chi connectivity index (χ2n) is 7.04. The third-order valence-corrected chi connectivity index (χ3v) is 4.92. The fourth-order valence-corrected chi connectivity index (χ4v) is 3.41. The number of pyridine rings is 1. The van der Waals surface area contributed by atoms with Crippen LogP contribution in [0.3, 0.4) is 0 Å². The Balaban J connectivity index is 0.00000341. The molecule has 2 heterocycles. The van der Waals surface area contributed by atoms with Gasteiger partial charge < -0.3 is 25.0 Å². The summed E-state index contributed by atoms with van der Waals surface area (Å²) < 4.78 is 5.03. The minimum atomic E-state index is -1.06. The summed E-state index contributed by atoms with van der Waals surface area (Å²) in [6.07, 6.45) is 0.792. The number of carbonyl (C=O) groups excluding carboxylic acids is 2. The van der Waals surface area contributed by atoms with E-state index in [1.54, 1.807) is 36.1 Å². The Hall–Kier alpha value is -2.49. The van der Waals surface area contributed by atoms with Gasteiger partial charge in [-0.1, -0.05) is 6.92 Å². The number of hydrogen-bond acceptors (Lipinski definition) is 6. The highest BCUT2D eigenvalue weighted by Gasteiger charge is 2.24. The molecule has 0 unspecified atom stereocenters. The number of rotatable bonds is 6. The van der Waals surface area contributed by atoms with Gasteiger partial charge in [0.1, 0.15) is 5.82 Å². The van der Waals surface area contributed by atoms with Crippen molar-refractivity contribution in [2.75, 3.05) is 43.0 Å². The lowest BCUT2D eigenvalue weighted by molar-refractivity contribution is -0.116. The van der Waals surface area contributed by atoms with Gasteiger partial charge in [-0.05, 0) is 37.6 Å². The third kappa shape index (κ3) is 7.52. The molecule has 1 saturated heterocycles. The number of aromatic nitrogens is 1. The number of fused-ring (bicyclic) bond motifs is 1. The Labute approximate surface area is 211 Å². The van der Waals surface area contributed by atoms with E-state index in [-0.39, 0.29) is 54.8 Å². The molecule has 1 aliphatic rings. The lowest BCUT2D eigenvalue weighted by Gasteiger charge is -2.35. The fraction of sp³-hybridized carbons (Fsp3) is 0.429. The molecule has 1 aromatic carbocycles. The molecule has 1 fully saturated rings. The van der Waals surface area contributed by atoms with Gasteiger partial charge in [-0.2, -0.15) is 0 Å². The summed E-state index contributed by atoms with van der Waals surface area (Å²) >= 11 is 0. The molecule has 9 nitrogen and oxygen atoms in total. The van der Waals surface area contributed by atoms with E-state index in [1.165, 1.54) is 0 Å². The number of carboxylic acids is 1. The minimum Gasteiger partial charge on any atom is -0.478 e. The standard InChI is InChI=1S/C21H26N4O5.3ClH/c1-3-5-19(26)22-14-6-7-17-15(12-14)16(20(27)28)13-18(23-17)24-8-10-25(11-9-24)21(29)30-4-2;;;/h6-7,12-13H,3-5,8-11H2,1-2H3,(H,22,26)(H,27,28);3*1H. The van der Waals surface area contributed by atoms with Crippen LogP contribution in [0.1, 0.15) is 37.0 Å². The van der Waals surface area contributed by atoms with Gasteiger partial charge in [0.25, 0.3) is 0 Å². The van der Waals surface area contributed by atoms with Crippen molar-refractivity contribution in [2.24, 2.45) is 0 Å². The van der Waals surface area contributed by atoms with Crippen LogP contribution in [0.15, 0.2) is 24.3 Å². The zero-order valence-corrected chi connectivity index (χ0v) is 20.9. The number of amides is 2. The molecule has 2 amide bonds. The zero-order chi connectivity index (χ0) is 21.7. The number of benzene rings is 1. The summed E-state index contributed by atoms with van der Waals surface area (Å²) in [6.45, 7) is 6.02. The first kappa shape index (κ1) is 30.5. The Morgan fingerprint density at radius 2 is 1.73 bits per heavy atom. The van der Waals surface area contributed by atoms with Crippen LogP contribution in [0.5, 0.6) is 0 Å². The van der Waals surface area contributed by atoms with E-state index in [0.717, 1.165) is 6.42 Å². The third-order valence-electron chi connectivity index (χ3n) is 4.92. The van der Waals surface area contributed by atoms with Crippen molar-refractivity contribution < 1.29 is 24.2 Å². The molecule has 0 atom stereocenters. The average molecular weight is 524 g/mol.